The van der Waals surface area contributed by atoms with Gasteiger partial charge in [-0.1, -0.05) is 29.8 Å². The number of nitrogens with zero attached hydrogens (tertiary/aromatic N) is 4. The lowest BCUT2D eigenvalue weighted by molar-refractivity contribution is 1.10. The summed E-state index contributed by atoms with van der Waals surface area (Å²) in [6.45, 7) is 2.09. The molecule has 0 aliphatic carbocycles. The molecule has 0 aliphatic heterocycles. The molecule has 0 saturated heterocycles. The number of hydrogen-bond donors (Lipinski definition) is 0. The Labute approximate surface area is 128 Å². The first kappa shape index (κ1) is 12.7. The summed E-state index contributed by atoms with van der Waals surface area (Å²) in [4.78, 5) is 4.59. The number of hydrogen-bond acceptors (Lipinski definition) is 3. The number of aryl methyl sites for hydroxylation is 1. The summed E-state index contributed by atoms with van der Waals surface area (Å²) in [7, 11) is 0. The molecule has 0 fully saturated rings. The maximum absolute atomic E-state index is 4.59. The Kier molecular flexibility index (Phi) is 2.93. The van der Waals surface area contributed by atoms with Crippen LogP contribution in [0.15, 0.2) is 67.3 Å². The Morgan fingerprint density at radius 2 is 1.91 bits per heavy atom. The van der Waals surface area contributed by atoms with Crippen molar-refractivity contribution in [3.05, 3.63) is 72.8 Å². The monoisotopic (exact) mass is 286 g/mol. The highest BCUT2D eigenvalue weighted by Gasteiger charge is 2.09. The van der Waals surface area contributed by atoms with Crippen LogP contribution in [0.25, 0.3) is 28.0 Å². The van der Waals surface area contributed by atoms with Crippen LogP contribution in [0.3, 0.4) is 0 Å². The van der Waals surface area contributed by atoms with Crippen LogP contribution >= 0.6 is 0 Å². The fourth-order valence-electron chi connectivity index (χ4n) is 2.65. The summed E-state index contributed by atoms with van der Waals surface area (Å²) in [6.07, 6.45) is 5.58. The molecule has 1 aromatic carbocycles. The van der Waals surface area contributed by atoms with Gasteiger partial charge in [0, 0.05) is 29.1 Å². The molecule has 0 N–H and O–H groups in total. The predicted octanol–water partition coefficient (Wildman–Crippen LogP) is 3.77. The van der Waals surface area contributed by atoms with E-state index in [2.05, 4.69) is 58.5 Å². The van der Waals surface area contributed by atoms with E-state index in [0.717, 1.165) is 28.0 Å². The molecule has 22 heavy (non-hydrogen) atoms. The molecular formula is C18H14N4. The molecule has 0 bridgehead atoms. The maximum atomic E-state index is 4.59. The van der Waals surface area contributed by atoms with Gasteiger partial charge in [0.15, 0.2) is 5.65 Å². The number of pyridine rings is 2. The SMILES string of the molecule is Cc1cccc(-c2ncccc2-c2ccc3nncn3c2)c1. The van der Waals surface area contributed by atoms with E-state index in [-0.39, 0.29) is 0 Å². The molecular weight excluding hydrogens is 272 g/mol. The Balaban J connectivity index is 1.92. The Bertz CT molecular complexity index is 956. The molecule has 0 saturated carbocycles. The normalized spacial score (nSPS) is 11.0. The molecule has 4 rings (SSSR count). The van der Waals surface area contributed by atoms with Crippen molar-refractivity contribution in [3.8, 4) is 22.4 Å². The third-order valence-electron chi connectivity index (χ3n) is 3.70. The van der Waals surface area contributed by atoms with Gasteiger partial charge in [-0.3, -0.25) is 9.38 Å². The number of aromatic nitrogens is 4. The molecule has 0 spiro atoms. The van der Waals surface area contributed by atoms with Crippen LogP contribution in [0.5, 0.6) is 0 Å². The maximum Gasteiger partial charge on any atom is 0.160 e. The van der Waals surface area contributed by atoms with Gasteiger partial charge in [-0.05, 0) is 31.2 Å². The minimum atomic E-state index is 0.838. The topological polar surface area (TPSA) is 43.1 Å². The summed E-state index contributed by atoms with van der Waals surface area (Å²) < 4.78 is 1.92. The van der Waals surface area contributed by atoms with Crippen molar-refractivity contribution in [2.24, 2.45) is 0 Å². The van der Waals surface area contributed by atoms with Crippen molar-refractivity contribution in [2.75, 3.05) is 0 Å². The smallest absolute Gasteiger partial charge is 0.160 e. The van der Waals surface area contributed by atoms with Gasteiger partial charge >= 0.3 is 0 Å². The third-order valence-corrected chi connectivity index (χ3v) is 3.70. The van der Waals surface area contributed by atoms with Crippen molar-refractivity contribution >= 4 is 5.65 Å². The largest absolute Gasteiger partial charge is 0.288 e. The summed E-state index contributed by atoms with van der Waals surface area (Å²) in [5, 5.41) is 7.97. The van der Waals surface area contributed by atoms with Crippen molar-refractivity contribution in [1.82, 2.24) is 19.6 Å². The highest BCUT2D eigenvalue weighted by atomic mass is 15.2. The molecule has 4 aromatic rings. The van der Waals surface area contributed by atoms with E-state index in [4.69, 9.17) is 0 Å². The second-order valence-corrected chi connectivity index (χ2v) is 5.28. The van der Waals surface area contributed by atoms with Gasteiger partial charge in [0.25, 0.3) is 0 Å². The number of fused-ring (bicyclic) bond motifs is 1. The molecule has 106 valence electrons. The summed E-state index contributed by atoms with van der Waals surface area (Å²) in [5.41, 5.74) is 6.37. The van der Waals surface area contributed by atoms with E-state index >= 15 is 0 Å². The second-order valence-electron chi connectivity index (χ2n) is 5.28. The standard InChI is InChI=1S/C18H14N4/c1-13-4-2-5-14(10-13)18-16(6-3-9-19-18)15-7-8-17-21-20-12-22(17)11-15/h2-12H,1H3. The van der Waals surface area contributed by atoms with Crippen molar-refractivity contribution in [3.63, 3.8) is 0 Å². The zero-order valence-electron chi connectivity index (χ0n) is 12.1. The molecule has 0 amide bonds. The van der Waals surface area contributed by atoms with E-state index in [0.29, 0.717) is 0 Å². The zero-order chi connectivity index (χ0) is 14.9. The van der Waals surface area contributed by atoms with Gasteiger partial charge in [0.1, 0.15) is 6.33 Å². The van der Waals surface area contributed by atoms with Crippen LogP contribution in [0.4, 0.5) is 0 Å². The fraction of sp³-hybridized carbons (Fsp3) is 0.0556. The Morgan fingerprint density at radius 3 is 2.82 bits per heavy atom. The van der Waals surface area contributed by atoms with Crippen LogP contribution in [0.1, 0.15) is 5.56 Å². The lowest BCUT2D eigenvalue weighted by atomic mass is 9.99. The fourth-order valence-corrected chi connectivity index (χ4v) is 2.65. The number of benzene rings is 1. The average molecular weight is 286 g/mol. The average Bonchev–Trinajstić information content (AvgIpc) is 3.02. The minimum Gasteiger partial charge on any atom is -0.288 e. The van der Waals surface area contributed by atoms with Crippen LogP contribution in [0, 0.1) is 6.92 Å². The van der Waals surface area contributed by atoms with Crippen LogP contribution in [0.2, 0.25) is 0 Å². The first-order chi connectivity index (χ1) is 10.8. The summed E-state index contributed by atoms with van der Waals surface area (Å²) in [5.74, 6) is 0. The minimum absolute atomic E-state index is 0.838. The van der Waals surface area contributed by atoms with Gasteiger partial charge in [-0.15, -0.1) is 10.2 Å². The molecule has 3 aromatic heterocycles. The molecule has 0 radical (unpaired) electrons. The lowest BCUT2D eigenvalue weighted by Gasteiger charge is -2.10. The first-order valence-corrected chi connectivity index (χ1v) is 7.13. The van der Waals surface area contributed by atoms with E-state index < -0.39 is 0 Å². The Hall–Kier alpha value is -3.01. The van der Waals surface area contributed by atoms with Crippen molar-refractivity contribution in [2.45, 2.75) is 6.92 Å². The number of rotatable bonds is 2. The summed E-state index contributed by atoms with van der Waals surface area (Å²) in [6, 6.07) is 16.5. The third kappa shape index (κ3) is 2.15. The van der Waals surface area contributed by atoms with Gasteiger partial charge < -0.3 is 0 Å². The van der Waals surface area contributed by atoms with Gasteiger partial charge in [0.2, 0.25) is 0 Å². The van der Waals surface area contributed by atoms with Crippen molar-refractivity contribution in [1.29, 1.82) is 0 Å². The van der Waals surface area contributed by atoms with E-state index in [1.54, 1.807) is 6.33 Å². The highest BCUT2D eigenvalue weighted by Crippen LogP contribution is 2.30. The van der Waals surface area contributed by atoms with E-state index in [9.17, 15) is 0 Å². The zero-order valence-corrected chi connectivity index (χ0v) is 12.1. The molecule has 0 aliphatic rings. The Morgan fingerprint density at radius 1 is 0.955 bits per heavy atom. The van der Waals surface area contributed by atoms with E-state index in [1.165, 1.54) is 5.56 Å². The predicted molar refractivity (Wildman–Crippen MR) is 86.4 cm³/mol. The molecule has 4 heteroatoms. The van der Waals surface area contributed by atoms with Gasteiger partial charge in [-0.2, -0.15) is 0 Å². The highest BCUT2D eigenvalue weighted by molar-refractivity contribution is 5.80. The molecule has 4 nitrogen and oxygen atoms in total. The molecule has 0 atom stereocenters. The first-order valence-electron chi connectivity index (χ1n) is 7.13. The van der Waals surface area contributed by atoms with Gasteiger partial charge in [-0.25, -0.2) is 0 Å². The molecule has 0 unspecified atom stereocenters. The second kappa shape index (κ2) is 5.07. The van der Waals surface area contributed by atoms with Gasteiger partial charge in [0.05, 0.1) is 5.69 Å². The lowest BCUT2D eigenvalue weighted by Crippen LogP contribution is -1.91. The van der Waals surface area contributed by atoms with Crippen LogP contribution in [-0.4, -0.2) is 19.6 Å². The molecule has 3 heterocycles. The quantitative estimate of drug-likeness (QED) is 0.563. The summed E-state index contributed by atoms with van der Waals surface area (Å²) >= 11 is 0. The van der Waals surface area contributed by atoms with Crippen LogP contribution in [-0.2, 0) is 0 Å². The van der Waals surface area contributed by atoms with E-state index in [1.807, 2.05) is 28.9 Å². The van der Waals surface area contributed by atoms with Crippen LogP contribution < -0.4 is 0 Å². The van der Waals surface area contributed by atoms with Crippen molar-refractivity contribution < 1.29 is 0 Å².